The number of ether oxygens (including phenoxy) is 10. The topological polar surface area (TPSA) is 212 Å². The van der Waals surface area contributed by atoms with E-state index < -0.39 is 115 Å². The molecule has 0 amide bonds. The van der Waals surface area contributed by atoms with Crippen molar-refractivity contribution in [3.8, 4) is 0 Å². The van der Waals surface area contributed by atoms with Crippen LogP contribution in [-0.2, 0) is 80.9 Å². The highest BCUT2D eigenvalue weighted by Crippen LogP contribution is 2.38. The van der Waals surface area contributed by atoms with Crippen LogP contribution in [0.4, 0.5) is 0 Å². The summed E-state index contributed by atoms with van der Waals surface area (Å²) in [6, 6.07) is 0. The number of alkyl halides is 1. The lowest BCUT2D eigenvalue weighted by Crippen LogP contribution is -2.66. The molecule has 584 valence electrons. The lowest BCUT2D eigenvalue weighted by molar-refractivity contribution is -0.341. The van der Waals surface area contributed by atoms with Crippen molar-refractivity contribution in [1.82, 2.24) is 0 Å². The van der Waals surface area contributed by atoms with Gasteiger partial charge < -0.3 is 47.4 Å². The number of carbonyl (C=O) groups is 7. The van der Waals surface area contributed by atoms with E-state index in [1.54, 1.807) is 0 Å². The molecule has 100 heavy (non-hydrogen) atoms. The molecule has 0 aromatic carbocycles. The summed E-state index contributed by atoms with van der Waals surface area (Å²) in [6.07, 6.45) is 34.2. The number of rotatable bonds is 67. The fourth-order valence-corrected chi connectivity index (χ4v) is 13.9. The monoisotopic (exact) mass is 1480 g/mol. The van der Waals surface area contributed by atoms with E-state index in [2.05, 4.69) is 64.4 Å². The van der Waals surface area contributed by atoms with Crippen LogP contribution in [0.3, 0.4) is 0 Å². The van der Waals surface area contributed by atoms with Gasteiger partial charge in [0.05, 0.1) is 0 Å². The molecule has 0 aromatic rings. The molecule has 2 saturated heterocycles. The van der Waals surface area contributed by atoms with Crippen LogP contribution >= 0.6 is 15.9 Å². The second-order valence-electron chi connectivity index (χ2n) is 28.9. The summed E-state index contributed by atoms with van der Waals surface area (Å²) in [7, 11) is 0. The second kappa shape index (κ2) is 64.1. The van der Waals surface area contributed by atoms with E-state index in [9.17, 15) is 33.6 Å². The Bertz CT molecular complexity index is 2040. The van der Waals surface area contributed by atoms with Gasteiger partial charge in [-0.25, -0.2) is 0 Å². The van der Waals surface area contributed by atoms with Crippen molar-refractivity contribution in [2.24, 2.45) is 0 Å². The van der Waals surface area contributed by atoms with Crippen LogP contribution in [0.15, 0.2) is 0 Å². The van der Waals surface area contributed by atoms with Gasteiger partial charge in [-0.2, -0.15) is 0 Å². The van der Waals surface area contributed by atoms with Crippen molar-refractivity contribution in [3.05, 3.63) is 0 Å². The molecule has 2 fully saturated rings. The molecule has 10 atom stereocenters. The second-order valence-corrected chi connectivity index (χ2v) is 29.8. The Morgan fingerprint density at radius 2 is 0.450 bits per heavy atom. The van der Waals surface area contributed by atoms with Crippen molar-refractivity contribution >= 4 is 57.7 Å². The van der Waals surface area contributed by atoms with Crippen LogP contribution in [-0.4, -0.2) is 115 Å². The van der Waals surface area contributed by atoms with Gasteiger partial charge in [0.1, 0.15) is 31.5 Å². The molecule has 0 N–H and O–H groups in total. The Labute approximate surface area is 616 Å². The van der Waals surface area contributed by atoms with Gasteiger partial charge in [-0.15, -0.1) is 0 Å². The molecule has 2 heterocycles. The number of halogens is 1. The summed E-state index contributed by atoms with van der Waals surface area (Å²) in [5, 5.41) is -1.11. The first-order valence-corrected chi connectivity index (χ1v) is 42.6. The van der Waals surface area contributed by atoms with Gasteiger partial charge in [0.15, 0.2) is 41.8 Å². The lowest BCUT2D eigenvalue weighted by atomic mass is 9.96. The SMILES string of the molecule is CCCCCCCCCC(=O)OC[C@H]1O[C@@H](Br)[C@H](OC(=O)CCCCCCCCC)[C@@H](OC(=O)CCCCCCCCC)[C@@H]1O[C@@H]1O[C@H](COC(=O)CCCCCCCCC)[C@@H](OC(=O)CCCCCCCCC)[C@H](OC(=O)CCCCCCCCC)[C@H]1OC(=O)CCCCCCCCC. The Balaban J connectivity index is 2.98. The number of unbranched alkanes of at least 4 members (excludes halogenated alkanes) is 42. The van der Waals surface area contributed by atoms with Crippen LogP contribution in [0, 0.1) is 0 Å². The van der Waals surface area contributed by atoms with E-state index >= 15 is 0 Å². The molecule has 0 spiro atoms. The van der Waals surface area contributed by atoms with E-state index in [0.717, 1.165) is 270 Å². The maximum Gasteiger partial charge on any atom is 0.306 e. The molecule has 2 aliphatic heterocycles. The zero-order valence-corrected chi connectivity index (χ0v) is 66.2. The molecule has 0 saturated carbocycles. The lowest BCUT2D eigenvalue weighted by Gasteiger charge is -2.48. The molecule has 0 aliphatic carbocycles. The standard InChI is InChI=1S/C82H147BrO17/c1-8-15-22-29-36-43-50-57-68(84)91-64-66-76(77(96-71(87)60-53-46-39-32-25-18-11-4)79(81(83)93-66)98-73(89)62-55-48-41-34-27-20-13-6)100-82-80(99-74(90)63-56-49-42-35-28-21-14-7)78(97-72(88)61-54-47-40-33-26-19-12-5)75(95-70(86)59-52-45-38-31-24-17-10-3)67(94-82)65-92-69(85)58-51-44-37-30-23-16-9-2/h66-67,75-82H,8-65H2,1-7H3/t66-,67-,75-,76-,77+,78+,79-,80-,81-,82+/m1/s1. The molecule has 0 radical (unpaired) electrons. The minimum absolute atomic E-state index is 0.00419. The molecular formula is C82H147BrO17. The van der Waals surface area contributed by atoms with Gasteiger partial charge in [-0.1, -0.05) is 334 Å². The van der Waals surface area contributed by atoms with E-state index in [1.165, 1.54) is 0 Å². The quantitative estimate of drug-likeness (QED) is 0.0240. The summed E-state index contributed by atoms with van der Waals surface area (Å²) in [5.74, 6) is -3.99. The van der Waals surface area contributed by atoms with Gasteiger partial charge in [0, 0.05) is 44.9 Å². The molecule has 18 heteroatoms. The van der Waals surface area contributed by atoms with Gasteiger partial charge in [-0.05, 0) is 44.9 Å². The van der Waals surface area contributed by atoms with E-state index in [0.29, 0.717) is 44.9 Å². The van der Waals surface area contributed by atoms with Crippen LogP contribution in [0.1, 0.15) is 408 Å². The molecule has 17 nitrogen and oxygen atoms in total. The van der Waals surface area contributed by atoms with Crippen molar-refractivity contribution in [3.63, 3.8) is 0 Å². The summed E-state index contributed by atoms with van der Waals surface area (Å²) >= 11 is 3.68. The minimum atomic E-state index is -1.75. The maximum atomic E-state index is 14.7. The number of hydrogen-bond donors (Lipinski definition) is 0. The number of esters is 7. The minimum Gasteiger partial charge on any atom is -0.463 e. The highest BCUT2D eigenvalue weighted by Gasteiger charge is 2.58. The summed E-state index contributed by atoms with van der Waals surface area (Å²) < 4.78 is 65.5. The van der Waals surface area contributed by atoms with Gasteiger partial charge in [-0.3, -0.25) is 33.6 Å². The average Bonchev–Trinajstić information content (AvgIpc) is 0.769. The molecule has 2 aliphatic rings. The van der Waals surface area contributed by atoms with Crippen molar-refractivity contribution in [2.75, 3.05) is 13.2 Å². The Morgan fingerprint density at radius 1 is 0.240 bits per heavy atom. The first kappa shape index (κ1) is 92.7. The normalized spacial score (nSPS) is 20.6. The average molecular weight is 1480 g/mol. The summed E-state index contributed by atoms with van der Waals surface area (Å²) in [4.78, 5) is 100. The largest absolute Gasteiger partial charge is 0.463 e. The maximum absolute atomic E-state index is 14.7. The summed E-state index contributed by atoms with van der Waals surface area (Å²) in [6.45, 7) is 14.3. The third-order valence-electron chi connectivity index (χ3n) is 19.5. The van der Waals surface area contributed by atoms with Crippen LogP contribution < -0.4 is 0 Å². The van der Waals surface area contributed by atoms with Crippen LogP contribution in [0.25, 0.3) is 0 Å². The first-order valence-electron chi connectivity index (χ1n) is 41.7. The third kappa shape index (κ3) is 46.5. The van der Waals surface area contributed by atoms with Crippen LogP contribution in [0.2, 0.25) is 0 Å². The third-order valence-corrected chi connectivity index (χ3v) is 20.2. The van der Waals surface area contributed by atoms with Crippen molar-refractivity contribution in [2.45, 2.75) is 468 Å². The molecule has 0 aromatic heterocycles. The molecule has 2 rings (SSSR count). The number of carbonyl (C=O) groups excluding carboxylic acids is 7. The predicted octanol–water partition coefficient (Wildman–Crippen LogP) is 21.8. The zero-order valence-electron chi connectivity index (χ0n) is 64.6. The van der Waals surface area contributed by atoms with E-state index in [-0.39, 0.29) is 44.9 Å². The fraction of sp³-hybridized carbons (Fsp3) is 0.915. The van der Waals surface area contributed by atoms with Crippen molar-refractivity contribution in [1.29, 1.82) is 0 Å². The highest BCUT2D eigenvalue weighted by molar-refractivity contribution is 9.09. The zero-order chi connectivity index (χ0) is 72.9. The Kier molecular flexibility index (Phi) is 59.4. The first-order chi connectivity index (χ1) is 48.8. The van der Waals surface area contributed by atoms with Crippen LogP contribution in [0.5, 0.6) is 0 Å². The Hall–Kier alpha value is -3.35. The van der Waals surface area contributed by atoms with E-state index in [4.69, 9.17) is 47.4 Å². The smallest absolute Gasteiger partial charge is 0.306 e. The van der Waals surface area contributed by atoms with E-state index in [1.807, 2.05) is 0 Å². The molecule has 0 bridgehead atoms. The molecular weight excluding hydrogens is 1340 g/mol. The van der Waals surface area contributed by atoms with Gasteiger partial charge in [0.25, 0.3) is 0 Å². The highest BCUT2D eigenvalue weighted by atomic mass is 79.9. The Morgan fingerprint density at radius 3 is 0.730 bits per heavy atom. The summed E-state index contributed by atoms with van der Waals surface area (Å²) in [5.41, 5.74) is 0. The molecule has 0 unspecified atom stereocenters. The van der Waals surface area contributed by atoms with Crippen molar-refractivity contribution < 1.29 is 80.9 Å². The fourth-order valence-electron chi connectivity index (χ4n) is 13.2. The predicted molar refractivity (Wildman–Crippen MR) is 401 cm³/mol. The van der Waals surface area contributed by atoms with Gasteiger partial charge in [0.2, 0.25) is 0 Å². The number of hydrogen-bond acceptors (Lipinski definition) is 17. The van der Waals surface area contributed by atoms with Gasteiger partial charge >= 0.3 is 41.8 Å².